The molecule has 1 aliphatic carbocycles. The van der Waals surface area contributed by atoms with Crippen LogP contribution >= 0.6 is 0 Å². The summed E-state index contributed by atoms with van der Waals surface area (Å²) >= 11 is 0. The van der Waals surface area contributed by atoms with Gasteiger partial charge in [0.15, 0.2) is 0 Å². The van der Waals surface area contributed by atoms with Crippen LogP contribution < -0.4 is 5.73 Å². The maximum atomic E-state index is 13.5. The van der Waals surface area contributed by atoms with Gasteiger partial charge in [0.05, 0.1) is 16.6 Å². The molecule has 0 spiro atoms. The van der Waals surface area contributed by atoms with Crippen molar-refractivity contribution in [2.45, 2.75) is 26.2 Å². The lowest BCUT2D eigenvalue weighted by Gasteiger charge is -2.22. The third kappa shape index (κ3) is 3.48. The first-order valence-electron chi connectivity index (χ1n) is 6.96. The molecule has 1 amide bonds. The molecule has 1 aromatic carbocycles. The molecule has 6 nitrogen and oxygen atoms in total. The molecule has 1 aromatic rings. The van der Waals surface area contributed by atoms with Crippen LogP contribution in [0.15, 0.2) is 12.1 Å². The number of halogens is 1. The summed E-state index contributed by atoms with van der Waals surface area (Å²) in [6.45, 7) is 3.06. The Balaban J connectivity index is 2.33. The van der Waals surface area contributed by atoms with E-state index in [-0.39, 0.29) is 11.3 Å². The van der Waals surface area contributed by atoms with E-state index in [9.17, 15) is 19.3 Å². The smallest absolute Gasteiger partial charge is 0.295 e. The summed E-state index contributed by atoms with van der Waals surface area (Å²) in [5.74, 6) is -0.795. The number of carbonyl (C=O) groups excluding carboxylic acids is 1. The summed E-state index contributed by atoms with van der Waals surface area (Å²) in [6, 6.07) is 1.71. The maximum absolute atomic E-state index is 13.5. The van der Waals surface area contributed by atoms with E-state index in [4.69, 9.17) is 5.73 Å². The minimum atomic E-state index is -0.831. The van der Waals surface area contributed by atoms with E-state index < -0.39 is 22.3 Å². The average Bonchev–Trinajstić information content (AvgIpc) is 3.23. The molecule has 2 rings (SSSR count). The monoisotopic (exact) mass is 295 g/mol. The summed E-state index contributed by atoms with van der Waals surface area (Å²) in [6.07, 6.45) is 2.91. The molecule has 0 aromatic heterocycles. The van der Waals surface area contributed by atoms with E-state index in [1.807, 2.05) is 6.92 Å². The fourth-order valence-electron chi connectivity index (χ4n) is 2.26. The lowest BCUT2D eigenvalue weighted by atomic mass is 10.1. The Kier molecular flexibility index (Phi) is 4.40. The van der Waals surface area contributed by atoms with E-state index in [0.29, 0.717) is 19.0 Å². The van der Waals surface area contributed by atoms with Gasteiger partial charge in [-0.15, -0.1) is 0 Å². The Labute approximate surface area is 121 Å². The first kappa shape index (κ1) is 15.2. The van der Waals surface area contributed by atoms with Crippen molar-refractivity contribution in [1.82, 2.24) is 4.90 Å². The average molecular weight is 295 g/mol. The number of nitro groups is 1. The van der Waals surface area contributed by atoms with Crippen LogP contribution in [0.25, 0.3) is 0 Å². The zero-order valence-electron chi connectivity index (χ0n) is 11.8. The highest BCUT2D eigenvalue weighted by molar-refractivity contribution is 6.01. The highest BCUT2D eigenvalue weighted by Crippen LogP contribution is 2.32. The predicted molar refractivity (Wildman–Crippen MR) is 76.4 cm³/mol. The molecule has 0 heterocycles. The number of amides is 1. The predicted octanol–water partition coefficient (Wildman–Crippen LogP) is 2.58. The molecule has 0 aliphatic heterocycles. The van der Waals surface area contributed by atoms with Gasteiger partial charge in [-0.2, -0.15) is 0 Å². The number of nitrogen functional groups attached to an aromatic ring is 1. The first-order valence-corrected chi connectivity index (χ1v) is 6.96. The Bertz CT molecular complexity index is 573. The molecule has 0 saturated heterocycles. The minimum Gasteiger partial charge on any atom is -0.393 e. The van der Waals surface area contributed by atoms with E-state index in [0.717, 1.165) is 31.4 Å². The lowest BCUT2D eigenvalue weighted by Crippen LogP contribution is -2.34. The van der Waals surface area contributed by atoms with Crippen LogP contribution in [-0.2, 0) is 0 Å². The van der Waals surface area contributed by atoms with E-state index >= 15 is 0 Å². The van der Waals surface area contributed by atoms with Gasteiger partial charge in [0.2, 0.25) is 0 Å². The molecule has 2 N–H and O–H groups in total. The summed E-state index contributed by atoms with van der Waals surface area (Å²) in [5.41, 5.74) is 4.71. The molecule has 1 fully saturated rings. The van der Waals surface area contributed by atoms with Gasteiger partial charge in [0.1, 0.15) is 11.5 Å². The molecule has 0 atom stereocenters. The zero-order valence-corrected chi connectivity index (χ0v) is 11.8. The molecule has 0 unspecified atom stereocenters. The largest absolute Gasteiger partial charge is 0.393 e. The molecule has 114 valence electrons. The summed E-state index contributed by atoms with van der Waals surface area (Å²) < 4.78 is 13.5. The van der Waals surface area contributed by atoms with E-state index in [1.165, 1.54) is 0 Å². The van der Waals surface area contributed by atoms with Crippen molar-refractivity contribution >= 4 is 17.3 Å². The summed E-state index contributed by atoms with van der Waals surface area (Å²) in [4.78, 5) is 24.2. The molecular weight excluding hydrogens is 277 g/mol. The Morgan fingerprint density at radius 1 is 1.52 bits per heavy atom. The fourth-order valence-corrected chi connectivity index (χ4v) is 2.26. The quantitative estimate of drug-likeness (QED) is 0.496. The Hall–Kier alpha value is -2.18. The molecule has 7 heteroatoms. The SMILES string of the molecule is CCCN(CC1CC1)C(=O)c1cc(F)cc([N+](=O)[O-])c1N. The van der Waals surface area contributed by atoms with Crippen LogP contribution in [0.4, 0.5) is 15.8 Å². The topological polar surface area (TPSA) is 89.5 Å². The number of carbonyl (C=O) groups is 1. The van der Waals surface area contributed by atoms with Crippen molar-refractivity contribution in [3.8, 4) is 0 Å². The van der Waals surface area contributed by atoms with Gasteiger partial charge in [-0.25, -0.2) is 4.39 Å². The normalized spacial score (nSPS) is 14.0. The highest BCUT2D eigenvalue weighted by atomic mass is 19.1. The lowest BCUT2D eigenvalue weighted by molar-refractivity contribution is -0.384. The number of anilines is 1. The van der Waals surface area contributed by atoms with E-state index in [2.05, 4.69) is 0 Å². The first-order chi connectivity index (χ1) is 9.93. The van der Waals surface area contributed by atoms with Gasteiger partial charge in [0.25, 0.3) is 11.6 Å². The summed E-state index contributed by atoms with van der Waals surface area (Å²) in [5, 5.41) is 10.9. The van der Waals surface area contributed by atoms with Crippen LogP contribution in [0.1, 0.15) is 36.5 Å². The Morgan fingerprint density at radius 3 is 2.71 bits per heavy atom. The Morgan fingerprint density at radius 2 is 2.19 bits per heavy atom. The number of nitro benzene ring substituents is 1. The van der Waals surface area contributed by atoms with Crippen LogP contribution in [-0.4, -0.2) is 28.8 Å². The highest BCUT2D eigenvalue weighted by Gasteiger charge is 2.29. The van der Waals surface area contributed by atoms with Crippen molar-refractivity contribution in [2.24, 2.45) is 5.92 Å². The van der Waals surface area contributed by atoms with Crippen molar-refractivity contribution in [2.75, 3.05) is 18.8 Å². The number of nitrogens with two attached hydrogens (primary N) is 1. The van der Waals surface area contributed by atoms with Gasteiger partial charge < -0.3 is 10.6 Å². The zero-order chi connectivity index (χ0) is 15.6. The molecule has 0 radical (unpaired) electrons. The van der Waals surface area contributed by atoms with Crippen molar-refractivity contribution in [3.63, 3.8) is 0 Å². The van der Waals surface area contributed by atoms with Crippen LogP contribution in [0.5, 0.6) is 0 Å². The van der Waals surface area contributed by atoms with Crippen LogP contribution in [0.2, 0.25) is 0 Å². The van der Waals surface area contributed by atoms with Crippen molar-refractivity contribution < 1.29 is 14.1 Å². The van der Waals surface area contributed by atoms with Crippen LogP contribution in [0, 0.1) is 21.8 Å². The molecular formula is C14H18FN3O3. The van der Waals surface area contributed by atoms with Gasteiger partial charge in [0, 0.05) is 13.1 Å². The molecule has 21 heavy (non-hydrogen) atoms. The van der Waals surface area contributed by atoms with E-state index in [1.54, 1.807) is 4.90 Å². The number of rotatable bonds is 6. The fraction of sp³-hybridized carbons (Fsp3) is 0.500. The second-order valence-corrected chi connectivity index (χ2v) is 5.34. The summed E-state index contributed by atoms with van der Waals surface area (Å²) in [7, 11) is 0. The second-order valence-electron chi connectivity index (χ2n) is 5.34. The van der Waals surface area contributed by atoms with Crippen LogP contribution in [0.3, 0.4) is 0 Å². The minimum absolute atomic E-state index is 0.129. The number of benzene rings is 1. The van der Waals surface area contributed by atoms with Gasteiger partial charge in [-0.05, 0) is 31.2 Å². The van der Waals surface area contributed by atoms with Crippen molar-refractivity contribution in [3.05, 3.63) is 33.6 Å². The third-order valence-corrected chi connectivity index (χ3v) is 3.51. The second kappa shape index (κ2) is 6.07. The van der Waals surface area contributed by atoms with Crippen molar-refractivity contribution in [1.29, 1.82) is 0 Å². The standard InChI is InChI=1S/C14H18FN3O3/c1-2-5-17(8-9-3-4-9)14(19)11-6-10(15)7-12(13(11)16)18(20)21/h6-7,9H,2-5,8,16H2,1H3. The van der Waals surface area contributed by atoms with Gasteiger partial charge in [-0.1, -0.05) is 6.92 Å². The van der Waals surface area contributed by atoms with Gasteiger partial charge in [-0.3, -0.25) is 14.9 Å². The number of hydrogen-bond acceptors (Lipinski definition) is 4. The maximum Gasteiger partial charge on any atom is 0.295 e. The van der Waals surface area contributed by atoms with Gasteiger partial charge >= 0.3 is 0 Å². The molecule has 0 bridgehead atoms. The third-order valence-electron chi connectivity index (χ3n) is 3.51. The molecule has 1 aliphatic rings. The molecule has 1 saturated carbocycles. The number of nitrogens with zero attached hydrogens (tertiary/aromatic N) is 2. The number of hydrogen-bond donors (Lipinski definition) is 1.